The molecule has 0 aromatic rings. The predicted octanol–water partition coefficient (Wildman–Crippen LogP) is 2.02. The van der Waals surface area contributed by atoms with Crippen LogP contribution in [-0.4, -0.2) is 33.3 Å². The molecule has 0 spiro atoms. The molecule has 1 heterocycles. The van der Waals surface area contributed by atoms with Crippen molar-refractivity contribution in [2.45, 2.75) is 63.8 Å². The van der Waals surface area contributed by atoms with Gasteiger partial charge in [0.25, 0.3) is 0 Å². The Balaban J connectivity index is 1.73. The minimum absolute atomic E-state index is 0.195. The number of hydrogen-bond acceptors (Lipinski definition) is 3. The average molecular weight is 288 g/mol. The van der Waals surface area contributed by atoms with Crippen molar-refractivity contribution < 1.29 is 8.42 Å². The van der Waals surface area contributed by atoms with Crippen LogP contribution >= 0.6 is 0 Å². The molecule has 0 bridgehead atoms. The number of nitrogens with one attached hydrogen (secondary N) is 2. The topological polar surface area (TPSA) is 58.2 Å². The summed E-state index contributed by atoms with van der Waals surface area (Å²) in [5.74, 6) is 0.903. The Morgan fingerprint density at radius 1 is 0.947 bits per heavy atom. The minimum Gasteiger partial charge on any atom is -0.317 e. The molecule has 0 aromatic heterocycles. The van der Waals surface area contributed by atoms with Gasteiger partial charge in [0.05, 0.1) is 5.75 Å². The SMILES string of the molecule is O=S(=O)(CCC1CCNCC1)NC1CCCCCC1. The maximum Gasteiger partial charge on any atom is 0.211 e. The fourth-order valence-corrected chi connectivity index (χ4v) is 4.71. The first-order valence-electron chi connectivity index (χ1n) is 7.86. The second-order valence-corrected chi connectivity index (χ2v) is 7.98. The summed E-state index contributed by atoms with van der Waals surface area (Å²) in [5.41, 5.74) is 0. The third-order valence-electron chi connectivity index (χ3n) is 4.45. The van der Waals surface area contributed by atoms with Gasteiger partial charge in [0.2, 0.25) is 10.0 Å². The van der Waals surface area contributed by atoms with Crippen LogP contribution in [-0.2, 0) is 10.0 Å². The van der Waals surface area contributed by atoms with E-state index in [2.05, 4.69) is 10.0 Å². The van der Waals surface area contributed by atoms with Gasteiger partial charge in [-0.05, 0) is 51.1 Å². The minimum atomic E-state index is -3.07. The largest absolute Gasteiger partial charge is 0.317 e. The lowest BCUT2D eigenvalue weighted by atomic mass is 9.96. The van der Waals surface area contributed by atoms with Crippen molar-refractivity contribution in [1.29, 1.82) is 0 Å². The highest BCUT2D eigenvalue weighted by Gasteiger charge is 2.21. The average Bonchev–Trinajstić information content (AvgIpc) is 2.66. The summed E-state index contributed by atoms with van der Waals surface area (Å²) in [6, 6.07) is 0.195. The van der Waals surface area contributed by atoms with Crippen molar-refractivity contribution in [2.75, 3.05) is 18.8 Å². The Hall–Kier alpha value is -0.130. The molecule has 19 heavy (non-hydrogen) atoms. The molecule has 2 aliphatic rings. The van der Waals surface area contributed by atoms with E-state index in [4.69, 9.17) is 0 Å². The van der Waals surface area contributed by atoms with E-state index in [0.29, 0.717) is 11.7 Å². The molecule has 5 heteroatoms. The molecule has 4 nitrogen and oxygen atoms in total. The van der Waals surface area contributed by atoms with Gasteiger partial charge in [-0.3, -0.25) is 0 Å². The van der Waals surface area contributed by atoms with Crippen molar-refractivity contribution in [3.63, 3.8) is 0 Å². The lowest BCUT2D eigenvalue weighted by molar-refractivity contribution is 0.364. The molecule has 112 valence electrons. The first kappa shape index (κ1) is 15.3. The fraction of sp³-hybridized carbons (Fsp3) is 1.00. The standard InChI is InChI=1S/C14H28N2O2S/c17-19(18,12-9-13-7-10-15-11-8-13)16-14-5-3-1-2-4-6-14/h13-16H,1-12H2. The highest BCUT2D eigenvalue weighted by molar-refractivity contribution is 7.89. The van der Waals surface area contributed by atoms with E-state index in [1.807, 2.05) is 0 Å². The zero-order chi connectivity index (χ0) is 13.6. The maximum absolute atomic E-state index is 12.1. The third kappa shape index (κ3) is 5.79. The molecule has 1 aliphatic heterocycles. The molecule has 0 amide bonds. The van der Waals surface area contributed by atoms with Crippen LogP contribution in [0.25, 0.3) is 0 Å². The van der Waals surface area contributed by atoms with Crippen molar-refractivity contribution in [2.24, 2.45) is 5.92 Å². The van der Waals surface area contributed by atoms with Crippen LogP contribution in [0.3, 0.4) is 0 Å². The Morgan fingerprint density at radius 3 is 2.21 bits per heavy atom. The zero-order valence-electron chi connectivity index (χ0n) is 11.9. The third-order valence-corrected chi connectivity index (χ3v) is 5.92. The van der Waals surface area contributed by atoms with E-state index >= 15 is 0 Å². The Morgan fingerprint density at radius 2 is 1.58 bits per heavy atom. The molecule has 0 radical (unpaired) electrons. The van der Waals surface area contributed by atoms with E-state index < -0.39 is 10.0 Å². The second-order valence-electron chi connectivity index (χ2n) is 6.11. The van der Waals surface area contributed by atoms with E-state index in [1.54, 1.807) is 0 Å². The molecular formula is C14H28N2O2S. The zero-order valence-corrected chi connectivity index (χ0v) is 12.7. The molecule has 0 aromatic carbocycles. The molecule has 2 rings (SSSR count). The van der Waals surface area contributed by atoms with Crippen LogP contribution in [0.1, 0.15) is 57.8 Å². The molecule has 1 saturated carbocycles. The molecule has 0 atom stereocenters. The summed E-state index contributed by atoms with van der Waals surface area (Å²) >= 11 is 0. The molecule has 0 unspecified atom stereocenters. The normalized spacial score (nSPS) is 24.2. The number of piperidine rings is 1. The van der Waals surface area contributed by atoms with Gasteiger partial charge in [-0.25, -0.2) is 13.1 Å². The van der Waals surface area contributed by atoms with Crippen molar-refractivity contribution in [1.82, 2.24) is 10.0 Å². The number of sulfonamides is 1. The molecule has 1 saturated heterocycles. The summed E-state index contributed by atoms with van der Waals surface area (Å²) in [4.78, 5) is 0. The predicted molar refractivity (Wildman–Crippen MR) is 78.6 cm³/mol. The Kier molecular flexibility index (Phi) is 6.10. The quantitative estimate of drug-likeness (QED) is 0.761. The first-order chi connectivity index (χ1) is 9.16. The number of hydrogen-bond donors (Lipinski definition) is 2. The van der Waals surface area contributed by atoms with E-state index in [0.717, 1.165) is 45.2 Å². The van der Waals surface area contributed by atoms with Crippen LogP contribution in [0, 0.1) is 5.92 Å². The molecular weight excluding hydrogens is 260 g/mol. The van der Waals surface area contributed by atoms with Crippen molar-refractivity contribution in [3.8, 4) is 0 Å². The van der Waals surface area contributed by atoms with Crippen LogP contribution in [0.5, 0.6) is 0 Å². The van der Waals surface area contributed by atoms with Gasteiger partial charge in [0.15, 0.2) is 0 Å². The summed E-state index contributed by atoms with van der Waals surface area (Å²) in [6.45, 7) is 2.08. The van der Waals surface area contributed by atoms with Gasteiger partial charge in [-0.2, -0.15) is 0 Å². The monoisotopic (exact) mass is 288 g/mol. The Bertz CT molecular complexity index is 342. The van der Waals surface area contributed by atoms with E-state index in [1.165, 1.54) is 25.7 Å². The summed E-state index contributed by atoms with van der Waals surface area (Å²) in [5, 5.41) is 3.32. The first-order valence-corrected chi connectivity index (χ1v) is 9.52. The van der Waals surface area contributed by atoms with Crippen LogP contribution in [0.4, 0.5) is 0 Å². The Labute approximate surface area is 117 Å². The maximum atomic E-state index is 12.1. The summed E-state index contributed by atoms with van der Waals surface area (Å²) in [7, 11) is -3.07. The molecule has 1 aliphatic carbocycles. The van der Waals surface area contributed by atoms with Crippen LogP contribution in [0.15, 0.2) is 0 Å². The number of rotatable bonds is 5. The van der Waals surface area contributed by atoms with Gasteiger partial charge < -0.3 is 5.32 Å². The van der Waals surface area contributed by atoms with Gasteiger partial charge >= 0.3 is 0 Å². The lowest BCUT2D eigenvalue weighted by Gasteiger charge is -2.23. The molecule has 2 fully saturated rings. The highest BCUT2D eigenvalue weighted by Crippen LogP contribution is 2.19. The van der Waals surface area contributed by atoms with Gasteiger partial charge in [0.1, 0.15) is 0 Å². The van der Waals surface area contributed by atoms with E-state index in [-0.39, 0.29) is 6.04 Å². The smallest absolute Gasteiger partial charge is 0.211 e. The van der Waals surface area contributed by atoms with Crippen LogP contribution < -0.4 is 10.0 Å². The highest BCUT2D eigenvalue weighted by atomic mass is 32.2. The van der Waals surface area contributed by atoms with Gasteiger partial charge in [-0.15, -0.1) is 0 Å². The summed E-state index contributed by atoms with van der Waals surface area (Å²) in [6.07, 6.45) is 9.96. The fourth-order valence-electron chi connectivity index (χ4n) is 3.20. The molecule has 2 N–H and O–H groups in total. The second kappa shape index (κ2) is 7.60. The van der Waals surface area contributed by atoms with Crippen LogP contribution in [0.2, 0.25) is 0 Å². The van der Waals surface area contributed by atoms with E-state index in [9.17, 15) is 8.42 Å². The van der Waals surface area contributed by atoms with Gasteiger partial charge in [0, 0.05) is 6.04 Å². The van der Waals surface area contributed by atoms with Gasteiger partial charge in [-0.1, -0.05) is 25.7 Å². The van der Waals surface area contributed by atoms with Crippen molar-refractivity contribution in [3.05, 3.63) is 0 Å². The lowest BCUT2D eigenvalue weighted by Crippen LogP contribution is -2.37. The van der Waals surface area contributed by atoms with Crippen molar-refractivity contribution >= 4 is 10.0 Å². The summed E-state index contributed by atoms with van der Waals surface area (Å²) < 4.78 is 27.2.